The van der Waals surface area contributed by atoms with Gasteiger partial charge in [0.15, 0.2) is 6.10 Å². The van der Waals surface area contributed by atoms with E-state index >= 15 is 0 Å². The number of esters is 3. The summed E-state index contributed by atoms with van der Waals surface area (Å²) in [6.45, 7) is 13.5. The molecule has 0 aromatic heterocycles. The molecule has 0 aromatic rings. The Morgan fingerprint density at radius 2 is 0.580 bits per heavy atom. The highest BCUT2D eigenvalue weighted by atomic mass is 16.6. The van der Waals surface area contributed by atoms with Crippen molar-refractivity contribution in [2.24, 2.45) is 17.8 Å². The molecule has 0 bridgehead atoms. The van der Waals surface area contributed by atoms with Gasteiger partial charge in [0, 0.05) is 19.3 Å². The minimum Gasteiger partial charge on any atom is -0.462 e. The molecule has 0 fully saturated rings. The van der Waals surface area contributed by atoms with Crippen LogP contribution in [0.4, 0.5) is 0 Å². The lowest BCUT2D eigenvalue weighted by atomic mass is 10.0. The van der Waals surface area contributed by atoms with Gasteiger partial charge in [-0.3, -0.25) is 14.4 Å². The molecule has 0 saturated heterocycles. The fourth-order valence-electron chi connectivity index (χ4n) is 6.35. The molecule has 0 aliphatic carbocycles. The molecular formula is C44H84O6. The van der Waals surface area contributed by atoms with Gasteiger partial charge in [-0.05, 0) is 37.0 Å². The quantitative estimate of drug-likeness (QED) is 0.0363. The van der Waals surface area contributed by atoms with Crippen molar-refractivity contribution in [2.45, 2.75) is 234 Å². The molecular weight excluding hydrogens is 624 g/mol. The number of hydrogen-bond acceptors (Lipinski definition) is 6. The molecule has 1 atom stereocenters. The van der Waals surface area contributed by atoms with Crippen LogP contribution in [0.2, 0.25) is 0 Å². The maximum atomic E-state index is 12.7. The van der Waals surface area contributed by atoms with Gasteiger partial charge in [-0.25, -0.2) is 0 Å². The van der Waals surface area contributed by atoms with Gasteiger partial charge in [0.2, 0.25) is 0 Å². The van der Waals surface area contributed by atoms with E-state index in [9.17, 15) is 14.4 Å². The number of hydrogen-bond donors (Lipinski definition) is 0. The first-order valence-electron chi connectivity index (χ1n) is 21.6. The standard InChI is InChI=1S/C44H84O6/c1-38(2)30-24-18-12-8-7-9-14-21-27-33-42(45)48-36-41(37-49-43(46)34-28-22-17-16-20-26-32-40(5)6)50-44(47)35-29-23-15-11-10-13-19-25-31-39(3)4/h38-41H,7-37H2,1-6H3/t41-/m0/s1. The molecule has 50 heavy (non-hydrogen) atoms. The summed E-state index contributed by atoms with van der Waals surface area (Å²) in [4.78, 5) is 37.6. The molecule has 0 aromatic carbocycles. The van der Waals surface area contributed by atoms with Crippen molar-refractivity contribution in [2.75, 3.05) is 13.2 Å². The van der Waals surface area contributed by atoms with Crippen LogP contribution in [0.5, 0.6) is 0 Å². The van der Waals surface area contributed by atoms with Gasteiger partial charge >= 0.3 is 17.9 Å². The zero-order valence-corrected chi connectivity index (χ0v) is 34.2. The van der Waals surface area contributed by atoms with Crippen LogP contribution in [0.3, 0.4) is 0 Å². The SMILES string of the molecule is CC(C)CCCCCCCCCCCC(=O)OC[C@@H](COC(=O)CCCCCCCCC(C)C)OC(=O)CCCCCCCCCCC(C)C. The summed E-state index contributed by atoms with van der Waals surface area (Å²) in [7, 11) is 0. The minimum atomic E-state index is -0.761. The number of unbranched alkanes of at least 4 members (excludes halogenated alkanes) is 20. The third kappa shape index (κ3) is 37.7. The second-order valence-corrected chi connectivity index (χ2v) is 16.4. The van der Waals surface area contributed by atoms with Crippen molar-refractivity contribution in [3.8, 4) is 0 Å². The van der Waals surface area contributed by atoms with E-state index < -0.39 is 6.10 Å². The van der Waals surface area contributed by atoms with E-state index in [1.807, 2.05) is 0 Å². The topological polar surface area (TPSA) is 78.9 Å². The second-order valence-electron chi connectivity index (χ2n) is 16.4. The monoisotopic (exact) mass is 709 g/mol. The van der Waals surface area contributed by atoms with E-state index in [-0.39, 0.29) is 31.1 Å². The second kappa shape index (κ2) is 35.8. The molecule has 6 nitrogen and oxygen atoms in total. The van der Waals surface area contributed by atoms with Crippen molar-refractivity contribution in [3.05, 3.63) is 0 Å². The van der Waals surface area contributed by atoms with Gasteiger partial charge in [-0.2, -0.15) is 0 Å². The highest BCUT2D eigenvalue weighted by molar-refractivity contribution is 5.71. The minimum absolute atomic E-state index is 0.0676. The molecule has 0 heterocycles. The molecule has 0 N–H and O–H groups in total. The summed E-state index contributed by atoms with van der Waals surface area (Å²) >= 11 is 0. The lowest BCUT2D eigenvalue weighted by molar-refractivity contribution is -0.167. The fraction of sp³-hybridized carbons (Fsp3) is 0.932. The Hall–Kier alpha value is -1.59. The van der Waals surface area contributed by atoms with Crippen LogP contribution in [0, 0.1) is 17.8 Å². The molecule has 6 heteroatoms. The van der Waals surface area contributed by atoms with Gasteiger partial charge in [-0.1, -0.05) is 189 Å². The molecule has 0 aliphatic rings. The molecule has 0 rings (SSSR count). The number of carbonyl (C=O) groups excluding carboxylic acids is 3. The molecule has 296 valence electrons. The van der Waals surface area contributed by atoms with Crippen LogP contribution in [0.15, 0.2) is 0 Å². The maximum absolute atomic E-state index is 12.7. The lowest BCUT2D eigenvalue weighted by Crippen LogP contribution is -2.30. The fourth-order valence-corrected chi connectivity index (χ4v) is 6.35. The summed E-state index contributed by atoms with van der Waals surface area (Å²) in [6, 6.07) is 0. The Morgan fingerprint density at radius 1 is 0.340 bits per heavy atom. The van der Waals surface area contributed by atoms with Crippen molar-refractivity contribution < 1.29 is 28.6 Å². The average Bonchev–Trinajstić information content (AvgIpc) is 3.06. The van der Waals surface area contributed by atoms with Crippen LogP contribution < -0.4 is 0 Å². The average molecular weight is 709 g/mol. The Kier molecular flexibility index (Phi) is 34.7. The number of carbonyl (C=O) groups is 3. The summed E-state index contributed by atoms with van der Waals surface area (Å²) < 4.78 is 16.7. The van der Waals surface area contributed by atoms with Crippen LogP contribution in [0.25, 0.3) is 0 Å². The summed E-state index contributed by atoms with van der Waals surface area (Å²) in [5.74, 6) is 1.49. The Balaban J connectivity index is 4.35. The van der Waals surface area contributed by atoms with E-state index in [0.717, 1.165) is 75.5 Å². The summed E-state index contributed by atoms with van der Waals surface area (Å²) in [5, 5.41) is 0. The van der Waals surface area contributed by atoms with Gasteiger partial charge in [0.25, 0.3) is 0 Å². The smallest absolute Gasteiger partial charge is 0.306 e. The van der Waals surface area contributed by atoms with Crippen molar-refractivity contribution in [1.82, 2.24) is 0 Å². The third-order valence-electron chi connectivity index (χ3n) is 9.65. The van der Waals surface area contributed by atoms with Gasteiger partial charge in [-0.15, -0.1) is 0 Å². The third-order valence-corrected chi connectivity index (χ3v) is 9.65. The first-order chi connectivity index (χ1) is 24.1. The Bertz CT molecular complexity index is 776. The normalized spacial score (nSPS) is 12.2. The summed E-state index contributed by atoms with van der Waals surface area (Å²) in [6.07, 6.45) is 31.1. The van der Waals surface area contributed by atoms with E-state index in [2.05, 4.69) is 41.5 Å². The highest BCUT2D eigenvalue weighted by Crippen LogP contribution is 2.16. The van der Waals surface area contributed by atoms with Crippen LogP contribution in [0.1, 0.15) is 228 Å². The van der Waals surface area contributed by atoms with Crippen LogP contribution in [-0.4, -0.2) is 37.2 Å². The zero-order valence-electron chi connectivity index (χ0n) is 34.2. The molecule has 0 radical (unpaired) electrons. The van der Waals surface area contributed by atoms with Crippen LogP contribution in [-0.2, 0) is 28.6 Å². The van der Waals surface area contributed by atoms with E-state index in [4.69, 9.17) is 14.2 Å². The first kappa shape index (κ1) is 48.4. The van der Waals surface area contributed by atoms with Crippen molar-refractivity contribution in [3.63, 3.8) is 0 Å². The van der Waals surface area contributed by atoms with Gasteiger partial charge in [0.05, 0.1) is 0 Å². The molecule has 0 spiro atoms. The zero-order chi connectivity index (χ0) is 37.1. The Labute approximate surface area is 310 Å². The molecule has 0 amide bonds. The number of rotatable bonds is 37. The van der Waals surface area contributed by atoms with Gasteiger partial charge in [0.1, 0.15) is 13.2 Å². The van der Waals surface area contributed by atoms with Crippen molar-refractivity contribution >= 4 is 17.9 Å². The predicted molar refractivity (Wildman–Crippen MR) is 210 cm³/mol. The van der Waals surface area contributed by atoms with E-state index in [0.29, 0.717) is 19.3 Å². The first-order valence-corrected chi connectivity index (χ1v) is 21.6. The molecule has 0 saturated carbocycles. The largest absolute Gasteiger partial charge is 0.462 e. The number of ether oxygens (including phenoxy) is 3. The summed E-state index contributed by atoms with van der Waals surface area (Å²) in [5.41, 5.74) is 0. The van der Waals surface area contributed by atoms with Gasteiger partial charge < -0.3 is 14.2 Å². The van der Waals surface area contributed by atoms with E-state index in [1.165, 1.54) is 109 Å². The maximum Gasteiger partial charge on any atom is 0.306 e. The predicted octanol–water partition coefficient (Wildman–Crippen LogP) is 13.3. The van der Waals surface area contributed by atoms with E-state index in [1.54, 1.807) is 0 Å². The Morgan fingerprint density at radius 3 is 0.860 bits per heavy atom. The highest BCUT2D eigenvalue weighted by Gasteiger charge is 2.19. The lowest BCUT2D eigenvalue weighted by Gasteiger charge is -2.18. The molecule has 0 aliphatic heterocycles. The molecule has 0 unspecified atom stereocenters. The van der Waals surface area contributed by atoms with Crippen molar-refractivity contribution in [1.29, 1.82) is 0 Å². The van der Waals surface area contributed by atoms with Crippen LogP contribution >= 0.6 is 0 Å².